The van der Waals surface area contributed by atoms with E-state index in [2.05, 4.69) is 275 Å². The molecule has 9 heteroatoms. The standard InChI is InChI=1S/C75H57ClN2S6/c1-44-28-59(77(61-42-79-67-26-24-53(40-57(61)67)74(2,3)4)55-32-49(69-36-45-16-8-12-20-63(45)81-69)30-50(33-55)70-37-46-17-9-13-21-64(46)82-70)73(76)60(29-44)78(62-43-80-68-27-25-54(41-58(62)68)75(5,6)7)56-34-51(71-38-47-18-10-14-22-65(47)83-71)31-52(35-56)72-39-48-19-11-15-23-66(48)84-72/h8-43H,1-7H3. The van der Waals surface area contributed by atoms with E-state index in [-0.39, 0.29) is 10.8 Å². The van der Waals surface area contributed by atoms with Gasteiger partial charge in [0.2, 0.25) is 0 Å². The van der Waals surface area contributed by atoms with Gasteiger partial charge in [0.1, 0.15) is 0 Å². The second-order valence-electron chi connectivity index (χ2n) is 24.1. The molecule has 0 atom stereocenters. The molecule has 0 saturated carbocycles. The molecule has 0 spiro atoms. The Labute approximate surface area is 519 Å². The minimum absolute atomic E-state index is 0.0719. The number of fused-ring (bicyclic) bond motifs is 6. The predicted octanol–water partition coefficient (Wildman–Crippen LogP) is 26.1. The maximum atomic E-state index is 8.59. The highest BCUT2D eigenvalue weighted by Crippen LogP contribution is 2.55. The fourth-order valence-electron chi connectivity index (χ4n) is 11.7. The topological polar surface area (TPSA) is 6.48 Å². The van der Waals surface area contributed by atoms with E-state index < -0.39 is 0 Å². The molecule has 6 heterocycles. The summed E-state index contributed by atoms with van der Waals surface area (Å²) in [7, 11) is 0. The third-order valence-corrected chi connectivity index (χ3v) is 23.1. The molecule has 0 fully saturated rings. The number of halogens is 1. The Bertz CT molecular complexity index is 4430. The van der Waals surface area contributed by atoms with Crippen molar-refractivity contribution in [2.45, 2.75) is 59.3 Å². The van der Waals surface area contributed by atoms with Gasteiger partial charge in [0.15, 0.2) is 0 Å². The molecule has 0 aliphatic rings. The number of anilines is 6. The zero-order valence-electron chi connectivity index (χ0n) is 47.5. The molecule has 15 aromatic rings. The van der Waals surface area contributed by atoms with Crippen molar-refractivity contribution in [1.82, 2.24) is 0 Å². The van der Waals surface area contributed by atoms with Crippen LogP contribution in [-0.2, 0) is 10.8 Å². The maximum absolute atomic E-state index is 8.59. The summed E-state index contributed by atoms with van der Waals surface area (Å²) in [5, 5.41) is 12.7. The maximum Gasteiger partial charge on any atom is 0.0887 e. The minimum atomic E-state index is -0.0719. The smallest absolute Gasteiger partial charge is 0.0887 e. The van der Waals surface area contributed by atoms with Gasteiger partial charge in [-0.05, 0) is 200 Å². The average molecular weight is 1210 g/mol. The van der Waals surface area contributed by atoms with Gasteiger partial charge in [-0.25, -0.2) is 0 Å². The molecule has 9 aromatic carbocycles. The zero-order valence-corrected chi connectivity index (χ0v) is 53.2. The number of thiophene rings is 6. The van der Waals surface area contributed by atoms with Crippen LogP contribution in [0.4, 0.5) is 34.1 Å². The summed E-state index contributed by atoms with van der Waals surface area (Å²) in [6, 6.07) is 77.6. The van der Waals surface area contributed by atoms with Crippen LogP contribution in [0.25, 0.3) is 102 Å². The van der Waals surface area contributed by atoms with Crippen LogP contribution in [0.3, 0.4) is 0 Å². The molecule has 0 unspecified atom stereocenters. The molecule has 15 rings (SSSR count). The number of hydrogen-bond acceptors (Lipinski definition) is 8. The Morgan fingerprint density at radius 3 is 0.964 bits per heavy atom. The number of hydrogen-bond donors (Lipinski definition) is 0. The van der Waals surface area contributed by atoms with Gasteiger partial charge >= 0.3 is 0 Å². The third kappa shape index (κ3) is 9.66. The van der Waals surface area contributed by atoms with Crippen LogP contribution in [0, 0.1) is 6.92 Å². The number of nitrogens with zero attached hydrogens (tertiary/aromatic N) is 2. The number of rotatable bonds is 10. The summed E-state index contributed by atoms with van der Waals surface area (Å²) in [4.78, 5) is 9.85. The van der Waals surface area contributed by atoms with Crippen molar-refractivity contribution >= 4 is 174 Å². The van der Waals surface area contributed by atoms with Gasteiger partial charge < -0.3 is 9.80 Å². The first-order valence-electron chi connectivity index (χ1n) is 28.3. The molecule has 6 aromatic heterocycles. The van der Waals surface area contributed by atoms with Gasteiger partial charge in [0.05, 0.1) is 27.8 Å². The first-order chi connectivity index (χ1) is 40.6. The Balaban J connectivity index is 1.02. The van der Waals surface area contributed by atoms with Crippen molar-refractivity contribution in [2.75, 3.05) is 9.80 Å². The average Bonchev–Trinajstić information content (AvgIpc) is 3.79. The Morgan fingerprint density at radius 1 is 0.333 bits per heavy atom. The SMILES string of the molecule is Cc1cc(N(c2cc(-c3cc4ccccc4s3)cc(-c3cc4ccccc4s3)c2)c2csc3ccc(C(C)(C)C)cc23)c(Cl)c(N(c2cc(-c3cc4ccccc4s3)cc(-c3cc4ccccc4s3)c2)c2csc3ccc(C(C)(C)C)cc23)c1. The number of benzene rings is 9. The van der Waals surface area contributed by atoms with E-state index in [9.17, 15) is 0 Å². The van der Waals surface area contributed by atoms with Crippen LogP contribution in [-0.4, -0.2) is 0 Å². The quantitative estimate of drug-likeness (QED) is 0.135. The van der Waals surface area contributed by atoms with Gasteiger partial charge in [-0.2, -0.15) is 0 Å². The zero-order chi connectivity index (χ0) is 57.2. The predicted molar refractivity (Wildman–Crippen MR) is 377 cm³/mol. The second-order valence-corrected chi connectivity index (χ2v) is 30.6. The van der Waals surface area contributed by atoms with E-state index in [1.165, 1.54) is 91.2 Å². The van der Waals surface area contributed by atoms with Crippen molar-refractivity contribution in [1.29, 1.82) is 0 Å². The monoisotopic (exact) mass is 1210 g/mol. The first-order valence-corrected chi connectivity index (χ1v) is 33.7. The Morgan fingerprint density at radius 2 is 0.655 bits per heavy atom. The van der Waals surface area contributed by atoms with Gasteiger partial charge in [-0.3, -0.25) is 0 Å². The Kier molecular flexibility index (Phi) is 13.2. The summed E-state index contributed by atoms with van der Waals surface area (Å²) in [5.41, 5.74) is 14.3. The fourth-order valence-corrected chi connectivity index (χ4v) is 18.0. The molecular formula is C75H57ClN2S6. The van der Waals surface area contributed by atoms with E-state index in [1.807, 2.05) is 45.3 Å². The van der Waals surface area contributed by atoms with E-state index >= 15 is 0 Å². The Hall–Kier alpha value is -7.37. The van der Waals surface area contributed by atoms with Crippen LogP contribution in [0.1, 0.15) is 58.2 Å². The van der Waals surface area contributed by atoms with Gasteiger partial charge in [0.25, 0.3) is 0 Å². The van der Waals surface area contributed by atoms with Gasteiger partial charge in [0, 0.05) is 80.6 Å². The molecule has 0 aliphatic heterocycles. The summed E-state index contributed by atoms with van der Waals surface area (Å²) in [5.74, 6) is 0. The molecule has 0 radical (unpaired) electrons. The largest absolute Gasteiger partial charge is 0.307 e. The molecule has 410 valence electrons. The molecule has 0 amide bonds. The third-order valence-electron chi connectivity index (χ3n) is 16.2. The molecular weight excluding hydrogens is 1160 g/mol. The van der Waals surface area contributed by atoms with Crippen LogP contribution in [0.5, 0.6) is 0 Å². The highest BCUT2D eigenvalue weighted by atomic mass is 35.5. The van der Waals surface area contributed by atoms with Crippen molar-refractivity contribution in [2.24, 2.45) is 0 Å². The van der Waals surface area contributed by atoms with E-state index in [0.717, 1.165) is 61.9 Å². The number of aryl methyl sites for hydroxylation is 1. The molecule has 2 nitrogen and oxygen atoms in total. The van der Waals surface area contributed by atoms with Crippen molar-refractivity contribution < 1.29 is 0 Å². The second kappa shape index (κ2) is 20.7. The molecule has 0 N–H and O–H groups in total. The highest BCUT2D eigenvalue weighted by molar-refractivity contribution is 7.23. The lowest BCUT2D eigenvalue weighted by Gasteiger charge is -2.32. The lowest BCUT2D eigenvalue weighted by molar-refractivity contribution is 0.591. The van der Waals surface area contributed by atoms with Crippen LogP contribution in [0.15, 0.2) is 217 Å². The summed E-state index contributed by atoms with van der Waals surface area (Å²) >= 11 is 19.6. The van der Waals surface area contributed by atoms with E-state index in [0.29, 0.717) is 5.02 Å². The fraction of sp³-hybridized carbons (Fsp3) is 0.120. The van der Waals surface area contributed by atoms with Gasteiger partial charge in [-0.1, -0.05) is 138 Å². The lowest BCUT2D eigenvalue weighted by atomic mass is 9.86. The van der Waals surface area contributed by atoms with Crippen molar-refractivity contribution in [3.05, 3.63) is 239 Å². The van der Waals surface area contributed by atoms with Crippen LogP contribution >= 0.6 is 79.6 Å². The van der Waals surface area contributed by atoms with Crippen LogP contribution < -0.4 is 9.80 Å². The molecule has 0 saturated heterocycles. The summed E-state index contributed by atoms with van der Waals surface area (Å²) in [6.07, 6.45) is 0. The molecule has 0 aliphatic carbocycles. The van der Waals surface area contributed by atoms with Crippen LogP contribution in [0.2, 0.25) is 5.02 Å². The lowest BCUT2D eigenvalue weighted by Crippen LogP contribution is -2.15. The summed E-state index contributed by atoms with van der Waals surface area (Å²) < 4.78 is 7.53. The van der Waals surface area contributed by atoms with E-state index in [4.69, 9.17) is 11.6 Å². The van der Waals surface area contributed by atoms with Gasteiger partial charge in [-0.15, -0.1) is 68.0 Å². The normalized spacial score (nSPS) is 12.3. The van der Waals surface area contributed by atoms with Crippen molar-refractivity contribution in [3.63, 3.8) is 0 Å². The molecule has 0 bridgehead atoms. The summed E-state index contributed by atoms with van der Waals surface area (Å²) in [6.45, 7) is 16.1. The van der Waals surface area contributed by atoms with E-state index in [1.54, 1.807) is 22.7 Å². The van der Waals surface area contributed by atoms with Crippen molar-refractivity contribution in [3.8, 4) is 41.8 Å². The minimum Gasteiger partial charge on any atom is -0.307 e. The highest BCUT2D eigenvalue weighted by Gasteiger charge is 2.29. The first kappa shape index (κ1) is 53.4. The molecule has 84 heavy (non-hydrogen) atoms.